The van der Waals surface area contributed by atoms with Gasteiger partial charge in [-0.1, -0.05) is 45.1 Å². The number of fused-ring (bicyclic) bond motifs is 5. The number of Topliss-reactive ketones (excluding diaryl/α,β-unsaturated/α-hetero) is 1. The van der Waals surface area contributed by atoms with Crippen molar-refractivity contribution in [2.24, 2.45) is 29.1 Å². The van der Waals surface area contributed by atoms with E-state index in [2.05, 4.69) is 0 Å². The minimum Gasteiger partial charge on any atom is -0.455 e. The second-order valence-corrected chi connectivity index (χ2v) is 11.2. The van der Waals surface area contributed by atoms with Crippen LogP contribution in [0.3, 0.4) is 0 Å². The predicted octanol–water partition coefficient (Wildman–Crippen LogP) is 2.18. The summed E-state index contributed by atoms with van der Waals surface area (Å²) in [5, 5.41) is 34.4. The van der Waals surface area contributed by atoms with Crippen LogP contribution in [0.25, 0.3) is 0 Å². The molecule has 0 aromatic rings. The fourth-order valence-electron chi connectivity index (χ4n) is 7.46. The lowest BCUT2D eigenvalue weighted by molar-refractivity contribution is -0.225. The van der Waals surface area contributed by atoms with E-state index in [9.17, 15) is 29.7 Å². The van der Waals surface area contributed by atoms with Gasteiger partial charge >= 0.3 is 11.9 Å². The first-order valence-electron chi connectivity index (χ1n) is 12.4. The Kier molecular flexibility index (Phi) is 6.26. The molecule has 36 heavy (non-hydrogen) atoms. The summed E-state index contributed by atoms with van der Waals surface area (Å²) in [6.07, 6.45) is 7.76. The van der Waals surface area contributed by atoms with E-state index in [4.69, 9.17) is 9.47 Å². The second kappa shape index (κ2) is 8.50. The van der Waals surface area contributed by atoms with Crippen LogP contribution >= 0.6 is 0 Å². The predicted molar refractivity (Wildman–Crippen MR) is 130 cm³/mol. The van der Waals surface area contributed by atoms with E-state index in [1.165, 1.54) is 18.2 Å². The van der Waals surface area contributed by atoms with Crippen molar-refractivity contribution in [3.63, 3.8) is 0 Å². The smallest absolute Gasteiger partial charge is 0.331 e. The molecule has 8 nitrogen and oxygen atoms in total. The SMILES string of the molecule is C/C=C/C(=O)O[C@@H]1[C@@H](C)[C@@]2(O)[C@@H](C=C(CO)C[C@]3(O)C(=O)C(C)=C[C@@H]23)[C@@H]2C(C)(C)[C@]12OC(=O)/C=C/C. The van der Waals surface area contributed by atoms with Crippen LogP contribution in [0.15, 0.2) is 47.6 Å². The van der Waals surface area contributed by atoms with E-state index in [-0.39, 0.29) is 6.42 Å². The number of rotatable bonds is 5. The standard InChI is InChI=1S/C28H36O8/c1-7-9-20(30)35-24-16(4)27(34)18(22-25(5,6)28(22,24)36-21(31)10-8-2)12-17(14-29)13-26(33)19(27)11-15(3)23(26)32/h7-12,16,18-19,22,24,29,33-34H,13-14H2,1-6H3/b9-7+,10-8+/t16-,18+,19-,22-,24-,26-,27-,28-/m1/s1. The van der Waals surface area contributed by atoms with E-state index in [1.54, 1.807) is 45.9 Å². The number of aliphatic hydroxyl groups excluding tert-OH is 1. The Morgan fingerprint density at radius 2 is 1.72 bits per heavy atom. The van der Waals surface area contributed by atoms with Gasteiger partial charge in [0.1, 0.15) is 11.7 Å². The summed E-state index contributed by atoms with van der Waals surface area (Å²) in [6, 6.07) is 0. The maximum atomic E-state index is 13.1. The average molecular weight is 501 g/mol. The molecule has 0 aromatic carbocycles. The number of ether oxygens (including phenoxy) is 2. The Morgan fingerprint density at radius 1 is 1.11 bits per heavy atom. The molecule has 0 aliphatic heterocycles. The molecule has 4 aliphatic carbocycles. The number of esters is 2. The summed E-state index contributed by atoms with van der Waals surface area (Å²) >= 11 is 0. The summed E-state index contributed by atoms with van der Waals surface area (Å²) in [4.78, 5) is 38.6. The normalized spacial score (nSPS) is 42.7. The topological polar surface area (TPSA) is 130 Å². The molecule has 4 aliphatic rings. The van der Waals surface area contributed by atoms with E-state index in [0.717, 1.165) is 0 Å². The third-order valence-electron chi connectivity index (χ3n) is 9.08. The molecule has 0 amide bonds. The lowest BCUT2D eigenvalue weighted by Gasteiger charge is -2.53. The fourth-order valence-corrected chi connectivity index (χ4v) is 7.46. The maximum Gasteiger partial charge on any atom is 0.331 e. The maximum absolute atomic E-state index is 13.1. The molecule has 2 fully saturated rings. The molecule has 0 spiro atoms. The van der Waals surface area contributed by atoms with Gasteiger partial charge in [0.05, 0.1) is 12.2 Å². The van der Waals surface area contributed by atoms with Gasteiger partial charge in [0.25, 0.3) is 0 Å². The van der Waals surface area contributed by atoms with Gasteiger partial charge in [-0.3, -0.25) is 4.79 Å². The summed E-state index contributed by atoms with van der Waals surface area (Å²) in [5.74, 6) is -4.83. The number of ketones is 1. The number of hydrogen-bond acceptors (Lipinski definition) is 8. The zero-order chi connectivity index (χ0) is 26.8. The molecule has 0 radical (unpaired) electrons. The van der Waals surface area contributed by atoms with Gasteiger partial charge in [0.2, 0.25) is 0 Å². The number of carbonyl (C=O) groups excluding carboxylic acids is 3. The molecule has 0 aromatic heterocycles. The second-order valence-electron chi connectivity index (χ2n) is 11.2. The van der Waals surface area contributed by atoms with Crippen LogP contribution in [-0.4, -0.2) is 62.6 Å². The molecule has 2 saturated carbocycles. The Labute approximate surface area is 211 Å². The van der Waals surface area contributed by atoms with Gasteiger partial charge < -0.3 is 24.8 Å². The lowest BCUT2D eigenvalue weighted by Crippen LogP contribution is -2.66. The van der Waals surface area contributed by atoms with Crippen molar-refractivity contribution in [3.05, 3.63) is 47.6 Å². The van der Waals surface area contributed by atoms with Crippen LogP contribution < -0.4 is 0 Å². The van der Waals surface area contributed by atoms with Crippen LogP contribution in [-0.2, 0) is 23.9 Å². The average Bonchev–Trinajstić information content (AvgIpc) is 3.23. The quantitative estimate of drug-likeness (QED) is 0.298. The van der Waals surface area contributed by atoms with Gasteiger partial charge in [0, 0.05) is 47.7 Å². The molecular formula is C28H36O8. The zero-order valence-corrected chi connectivity index (χ0v) is 21.6. The fraction of sp³-hybridized carbons (Fsp3) is 0.607. The zero-order valence-electron chi connectivity index (χ0n) is 21.6. The number of allylic oxidation sites excluding steroid dienone is 2. The minimum absolute atomic E-state index is 0.131. The van der Waals surface area contributed by atoms with Crippen LogP contribution in [0, 0.1) is 29.1 Å². The highest BCUT2D eigenvalue weighted by molar-refractivity contribution is 6.04. The monoisotopic (exact) mass is 500 g/mol. The third kappa shape index (κ3) is 3.27. The number of carbonyl (C=O) groups is 3. The number of hydrogen-bond donors (Lipinski definition) is 3. The van der Waals surface area contributed by atoms with Crippen molar-refractivity contribution in [3.8, 4) is 0 Å². The van der Waals surface area contributed by atoms with Gasteiger partial charge in [-0.15, -0.1) is 0 Å². The van der Waals surface area contributed by atoms with Crippen molar-refractivity contribution in [1.29, 1.82) is 0 Å². The van der Waals surface area contributed by atoms with Crippen LogP contribution in [0.1, 0.15) is 48.0 Å². The van der Waals surface area contributed by atoms with E-state index in [1.807, 2.05) is 13.8 Å². The first-order chi connectivity index (χ1) is 16.8. The molecule has 8 heteroatoms. The van der Waals surface area contributed by atoms with Crippen molar-refractivity contribution >= 4 is 17.7 Å². The Hall–Kier alpha value is -2.55. The lowest BCUT2D eigenvalue weighted by atomic mass is 9.59. The molecule has 4 rings (SSSR count). The molecule has 0 unspecified atom stereocenters. The van der Waals surface area contributed by atoms with Crippen LogP contribution in [0.4, 0.5) is 0 Å². The molecule has 0 bridgehead atoms. The molecule has 0 heterocycles. The van der Waals surface area contributed by atoms with Crippen molar-refractivity contribution in [2.45, 2.75) is 70.9 Å². The van der Waals surface area contributed by atoms with Crippen molar-refractivity contribution in [1.82, 2.24) is 0 Å². The molecule has 8 atom stereocenters. The first-order valence-corrected chi connectivity index (χ1v) is 12.4. The highest BCUT2D eigenvalue weighted by atomic mass is 16.6. The van der Waals surface area contributed by atoms with Gasteiger partial charge in [0.15, 0.2) is 11.4 Å². The van der Waals surface area contributed by atoms with E-state index in [0.29, 0.717) is 11.1 Å². The van der Waals surface area contributed by atoms with E-state index >= 15 is 0 Å². The summed E-state index contributed by atoms with van der Waals surface area (Å²) in [5.41, 5.74) is -4.94. The highest BCUT2D eigenvalue weighted by Gasteiger charge is 2.87. The molecule has 0 saturated heterocycles. The Balaban J connectivity index is 1.95. The Morgan fingerprint density at radius 3 is 2.31 bits per heavy atom. The molecule has 3 N–H and O–H groups in total. The van der Waals surface area contributed by atoms with Crippen LogP contribution in [0.2, 0.25) is 0 Å². The molecular weight excluding hydrogens is 464 g/mol. The highest BCUT2D eigenvalue weighted by Crippen LogP contribution is 2.77. The first kappa shape index (κ1) is 26.5. The van der Waals surface area contributed by atoms with Crippen LogP contribution in [0.5, 0.6) is 0 Å². The van der Waals surface area contributed by atoms with Crippen molar-refractivity contribution < 1.29 is 39.2 Å². The van der Waals surface area contributed by atoms with Gasteiger partial charge in [-0.05, 0) is 31.9 Å². The summed E-state index contributed by atoms with van der Waals surface area (Å²) in [7, 11) is 0. The summed E-state index contributed by atoms with van der Waals surface area (Å²) in [6.45, 7) is 10.0. The summed E-state index contributed by atoms with van der Waals surface area (Å²) < 4.78 is 12.0. The van der Waals surface area contributed by atoms with Gasteiger partial charge in [-0.2, -0.15) is 0 Å². The minimum atomic E-state index is -1.95. The largest absolute Gasteiger partial charge is 0.455 e. The third-order valence-corrected chi connectivity index (χ3v) is 9.08. The van der Waals surface area contributed by atoms with E-state index < -0.39 is 76.3 Å². The van der Waals surface area contributed by atoms with Gasteiger partial charge in [-0.25, -0.2) is 9.59 Å². The van der Waals surface area contributed by atoms with Crippen molar-refractivity contribution in [2.75, 3.05) is 6.61 Å². The molecule has 196 valence electrons. The number of aliphatic hydroxyl groups is 3. The Bertz CT molecular complexity index is 1110.